The molecule has 0 aliphatic heterocycles. The largest absolute Gasteiger partial charge is 0.479 e. The fourth-order valence-corrected chi connectivity index (χ4v) is 1.65. The molecular weight excluding hydrogens is 255 g/mol. The average molecular weight is 275 g/mol. The van der Waals surface area contributed by atoms with E-state index in [4.69, 9.17) is 10.5 Å². The molecule has 19 heavy (non-hydrogen) atoms. The molecule has 0 aromatic heterocycles. The summed E-state index contributed by atoms with van der Waals surface area (Å²) >= 11 is 0. The zero-order valence-electron chi connectivity index (χ0n) is 11.6. The summed E-state index contributed by atoms with van der Waals surface area (Å²) in [5.41, 5.74) is 6.11. The van der Waals surface area contributed by atoms with Gasteiger partial charge in [-0.1, -0.05) is 32.9 Å². The molecule has 1 aromatic carbocycles. The minimum atomic E-state index is -4.48. The van der Waals surface area contributed by atoms with E-state index < -0.39 is 18.3 Å². The van der Waals surface area contributed by atoms with Crippen molar-refractivity contribution in [1.29, 1.82) is 0 Å². The van der Waals surface area contributed by atoms with Crippen LogP contribution < -0.4 is 10.5 Å². The maximum Gasteiger partial charge on any atom is 0.426 e. The van der Waals surface area contributed by atoms with Crippen LogP contribution in [-0.2, 0) is 5.41 Å². The van der Waals surface area contributed by atoms with Crippen molar-refractivity contribution in [3.05, 3.63) is 29.8 Å². The first-order chi connectivity index (χ1) is 8.51. The molecule has 0 saturated heterocycles. The fraction of sp³-hybridized carbons (Fsp3) is 0.571. The molecule has 2 nitrogen and oxygen atoms in total. The van der Waals surface area contributed by atoms with Crippen molar-refractivity contribution in [3.63, 3.8) is 0 Å². The number of benzene rings is 1. The number of halogens is 3. The van der Waals surface area contributed by atoms with E-state index in [1.807, 2.05) is 26.8 Å². The zero-order chi connectivity index (χ0) is 14.8. The van der Waals surface area contributed by atoms with E-state index in [-0.39, 0.29) is 11.2 Å². The Hall–Kier alpha value is -1.23. The van der Waals surface area contributed by atoms with Crippen molar-refractivity contribution in [2.24, 2.45) is 5.73 Å². The number of hydrogen-bond donors (Lipinski definition) is 1. The minimum absolute atomic E-state index is 0.151. The molecule has 5 heteroatoms. The quantitative estimate of drug-likeness (QED) is 0.914. The van der Waals surface area contributed by atoms with Crippen LogP contribution in [0.1, 0.15) is 33.3 Å². The summed E-state index contributed by atoms with van der Waals surface area (Å²) in [6.07, 6.45) is -6.48. The molecule has 2 unspecified atom stereocenters. The lowest BCUT2D eigenvalue weighted by molar-refractivity contribution is -0.199. The van der Waals surface area contributed by atoms with E-state index >= 15 is 0 Å². The Labute approximate surface area is 111 Å². The van der Waals surface area contributed by atoms with Gasteiger partial charge in [0.05, 0.1) is 0 Å². The van der Waals surface area contributed by atoms with E-state index in [9.17, 15) is 13.2 Å². The molecule has 0 amide bonds. The van der Waals surface area contributed by atoms with Crippen LogP contribution in [0, 0.1) is 0 Å². The molecule has 0 radical (unpaired) electrons. The monoisotopic (exact) mass is 275 g/mol. The van der Waals surface area contributed by atoms with Crippen LogP contribution in [0.25, 0.3) is 0 Å². The maximum absolute atomic E-state index is 12.8. The summed E-state index contributed by atoms with van der Waals surface area (Å²) in [5.74, 6) is 0.187. The molecule has 108 valence electrons. The Balaban J connectivity index is 2.99. The average Bonchev–Trinajstić information content (AvgIpc) is 2.23. The Bertz CT molecular complexity index is 421. The second-order valence-electron chi connectivity index (χ2n) is 5.72. The van der Waals surface area contributed by atoms with Crippen molar-refractivity contribution in [1.82, 2.24) is 0 Å². The molecule has 0 spiro atoms. The van der Waals surface area contributed by atoms with E-state index in [1.165, 1.54) is 13.0 Å². The predicted molar refractivity (Wildman–Crippen MR) is 69.3 cm³/mol. The maximum atomic E-state index is 12.8. The Morgan fingerprint density at radius 3 is 2.16 bits per heavy atom. The van der Waals surface area contributed by atoms with Gasteiger partial charge in [0.15, 0.2) is 0 Å². The van der Waals surface area contributed by atoms with Crippen LogP contribution in [-0.4, -0.2) is 18.3 Å². The molecule has 0 aliphatic carbocycles. The molecular formula is C14H20F3NO. The Morgan fingerprint density at radius 1 is 1.16 bits per heavy atom. The van der Waals surface area contributed by atoms with E-state index in [1.54, 1.807) is 12.1 Å². The van der Waals surface area contributed by atoms with Gasteiger partial charge < -0.3 is 10.5 Å². The van der Waals surface area contributed by atoms with Gasteiger partial charge in [0, 0.05) is 6.04 Å². The summed E-state index contributed by atoms with van der Waals surface area (Å²) in [7, 11) is 0. The summed E-state index contributed by atoms with van der Waals surface area (Å²) in [6.45, 7) is 7.24. The highest BCUT2D eigenvalue weighted by Crippen LogP contribution is 2.30. The lowest BCUT2D eigenvalue weighted by Crippen LogP contribution is -2.47. The third-order valence-corrected chi connectivity index (χ3v) is 2.76. The van der Waals surface area contributed by atoms with Gasteiger partial charge in [-0.15, -0.1) is 0 Å². The van der Waals surface area contributed by atoms with Crippen LogP contribution >= 0.6 is 0 Å². The number of ether oxygens (including phenoxy) is 1. The first kappa shape index (κ1) is 15.8. The highest BCUT2D eigenvalue weighted by atomic mass is 19.4. The fourth-order valence-electron chi connectivity index (χ4n) is 1.65. The second-order valence-corrected chi connectivity index (χ2v) is 5.72. The van der Waals surface area contributed by atoms with Gasteiger partial charge in [-0.3, -0.25) is 0 Å². The number of alkyl halides is 3. The normalized spacial score (nSPS) is 16.0. The topological polar surface area (TPSA) is 35.2 Å². The third kappa shape index (κ3) is 4.42. The molecule has 0 aliphatic rings. The first-order valence-corrected chi connectivity index (χ1v) is 6.11. The van der Waals surface area contributed by atoms with Gasteiger partial charge in [-0.25, -0.2) is 0 Å². The Kier molecular flexibility index (Phi) is 4.50. The number of nitrogens with two attached hydrogens (primary N) is 1. The molecule has 0 saturated carbocycles. The number of hydrogen-bond acceptors (Lipinski definition) is 2. The number of rotatable bonds is 3. The lowest BCUT2D eigenvalue weighted by atomic mass is 9.87. The summed E-state index contributed by atoms with van der Waals surface area (Å²) in [4.78, 5) is 0. The molecule has 2 atom stereocenters. The van der Waals surface area contributed by atoms with Crippen molar-refractivity contribution < 1.29 is 17.9 Å². The van der Waals surface area contributed by atoms with E-state index in [0.717, 1.165) is 5.56 Å². The van der Waals surface area contributed by atoms with Gasteiger partial charge in [0.1, 0.15) is 5.75 Å². The lowest BCUT2D eigenvalue weighted by Gasteiger charge is -2.26. The van der Waals surface area contributed by atoms with E-state index in [2.05, 4.69) is 0 Å². The van der Waals surface area contributed by atoms with Gasteiger partial charge >= 0.3 is 6.18 Å². The van der Waals surface area contributed by atoms with Crippen molar-refractivity contribution in [2.45, 2.75) is 51.4 Å². The summed E-state index contributed by atoms with van der Waals surface area (Å²) in [5, 5.41) is 0. The van der Waals surface area contributed by atoms with Crippen molar-refractivity contribution in [3.8, 4) is 5.75 Å². The molecule has 1 aromatic rings. The molecule has 0 fully saturated rings. The molecule has 1 rings (SSSR count). The predicted octanol–water partition coefficient (Wildman–Crippen LogP) is 3.64. The van der Waals surface area contributed by atoms with Crippen molar-refractivity contribution in [2.75, 3.05) is 0 Å². The van der Waals surface area contributed by atoms with Gasteiger partial charge in [-0.2, -0.15) is 13.2 Å². The second kappa shape index (κ2) is 5.41. The standard InChI is InChI=1S/C14H20F3NO/c1-9(18)12(14(15,16)17)19-11-7-5-6-10(8-11)13(2,3)4/h5-9,12H,18H2,1-4H3. The Morgan fingerprint density at radius 2 is 1.74 bits per heavy atom. The summed E-state index contributed by atoms with van der Waals surface area (Å²) < 4.78 is 43.4. The minimum Gasteiger partial charge on any atom is -0.479 e. The van der Waals surface area contributed by atoms with Gasteiger partial charge in [0.25, 0.3) is 0 Å². The SMILES string of the molecule is CC(N)C(Oc1cccc(C(C)(C)C)c1)C(F)(F)F. The van der Waals surface area contributed by atoms with Crippen LogP contribution in [0.15, 0.2) is 24.3 Å². The molecule has 0 bridgehead atoms. The van der Waals surface area contributed by atoms with E-state index in [0.29, 0.717) is 0 Å². The van der Waals surface area contributed by atoms with Gasteiger partial charge in [0.2, 0.25) is 6.10 Å². The van der Waals surface area contributed by atoms with Crippen LogP contribution in [0.3, 0.4) is 0 Å². The van der Waals surface area contributed by atoms with Crippen LogP contribution in [0.5, 0.6) is 5.75 Å². The van der Waals surface area contributed by atoms with Gasteiger partial charge in [-0.05, 0) is 30.0 Å². The first-order valence-electron chi connectivity index (χ1n) is 6.11. The highest BCUT2D eigenvalue weighted by molar-refractivity contribution is 5.32. The molecule has 0 heterocycles. The summed E-state index contributed by atoms with van der Waals surface area (Å²) in [6, 6.07) is 5.56. The smallest absolute Gasteiger partial charge is 0.426 e. The van der Waals surface area contributed by atoms with Crippen LogP contribution in [0.2, 0.25) is 0 Å². The third-order valence-electron chi connectivity index (χ3n) is 2.76. The zero-order valence-corrected chi connectivity index (χ0v) is 11.6. The highest BCUT2D eigenvalue weighted by Gasteiger charge is 2.44. The van der Waals surface area contributed by atoms with Crippen LogP contribution in [0.4, 0.5) is 13.2 Å². The van der Waals surface area contributed by atoms with Crippen molar-refractivity contribution >= 4 is 0 Å². The molecule has 2 N–H and O–H groups in total.